The van der Waals surface area contributed by atoms with Crippen molar-refractivity contribution in [1.29, 1.82) is 0 Å². The van der Waals surface area contributed by atoms with Crippen LogP contribution in [0.25, 0.3) is 21.8 Å². The van der Waals surface area contributed by atoms with E-state index in [2.05, 4.69) is 70.7 Å². The molecule has 0 saturated carbocycles. The number of aryl methyl sites for hydroxylation is 1. The van der Waals surface area contributed by atoms with Crippen LogP contribution in [0, 0.1) is 29.5 Å². The van der Waals surface area contributed by atoms with Gasteiger partial charge in [-0.3, -0.25) is 43.3 Å². The van der Waals surface area contributed by atoms with Crippen LogP contribution in [0.3, 0.4) is 0 Å². The monoisotopic (exact) mass is 949 g/mol. The van der Waals surface area contributed by atoms with Crippen LogP contribution in [0.5, 0.6) is 0 Å². The zero-order valence-corrected chi connectivity index (χ0v) is 40.4. The number of piperidine rings is 4. The highest BCUT2D eigenvalue weighted by atomic mass is 19.1. The van der Waals surface area contributed by atoms with Crippen LogP contribution in [0.2, 0.25) is 0 Å². The zero-order chi connectivity index (χ0) is 48.9. The van der Waals surface area contributed by atoms with Gasteiger partial charge < -0.3 is 15.1 Å². The maximum Gasteiger partial charge on any atom is 0.329 e. The number of fused-ring (bicyclic) bond motifs is 2. The Kier molecular flexibility index (Phi) is 14.9. The summed E-state index contributed by atoms with van der Waals surface area (Å²) in [7, 11) is 1.70. The highest BCUT2D eigenvalue weighted by Crippen LogP contribution is 2.34. The summed E-state index contributed by atoms with van der Waals surface area (Å²) < 4.78 is 16.7. The topological polar surface area (TPSA) is 146 Å². The number of nitrogens with zero attached hydrogens (tertiary/aromatic N) is 5. The molecule has 5 heterocycles. The van der Waals surface area contributed by atoms with Gasteiger partial charge in [0.15, 0.2) is 0 Å². The maximum absolute atomic E-state index is 13.6. The number of unbranched alkanes of at least 4 members (excludes halogenated alkanes) is 1. The van der Waals surface area contributed by atoms with Gasteiger partial charge in [-0.1, -0.05) is 60.4 Å². The van der Waals surface area contributed by atoms with Gasteiger partial charge in [0.25, 0.3) is 0 Å². The second kappa shape index (κ2) is 21.6. The number of amides is 5. The van der Waals surface area contributed by atoms with Gasteiger partial charge in [-0.05, 0) is 142 Å². The van der Waals surface area contributed by atoms with E-state index in [4.69, 9.17) is 0 Å². The molecule has 5 aromatic rings. The van der Waals surface area contributed by atoms with Crippen molar-refractivity contribution in [2.75, 3.05) is 39.3 Å². The molecule has 1 aromatic heterocycles. The molecular formula is C56H64FN7O6. The molecule has 13 nitrogen and oxygen atoms in total. The summed E-state index contributed by atoms with van der Waals surface area (Å²) in [4.78, 5) is 83.3. The van der Waals surface area contributed by atoms with Crippen molar-refractivity contribution in [2.45, 2.75) is 109 Å². The second-order valence-corrected chi connectivity index (χ2v) is 19.8. The number of likely N-dealkylation sites (tertiary alicyclic amines) is 3. The normalized spacial score (nSPS) is 19.2. The molecule has 366 valence electrons. The molecule has 70 heavy (non-hydrogen) atoms. The summed E-state index contributed by atoms with van der Waals surface area (Å²) >= 11 is 0. The molecule has 9 rings (SSSR count). The molecule has 14 heteroatoms. The number of carbonyl (C=O) groups excluding carboxylic acids is 5. The molecule has 0 bridgehead atoms. The largest absolute Gasteiger partial charge is 0.352 e. The van der Waals surface area contributed by atoms with Gasteiger partial charge in [0.1, 0.15) is 11.9 Å². The third-order valence-corrected chi connectivity index (χ3v) is 15.5. The molecule has 2 atom stereocenters. The first kappa shape index (κ1) is 48.4. The van der Waals surface area contributed by atoms with Crippen LogP contribution in [0.4, 0.5) is 4.39 Å². The Morgan fingerprint density at radius 1 is 0.757 bits per heavy atom. The quantitative estimate of drug-likeness (QED) is 0.0762. The van der Waals surface area contributed by atoms with Crippen LogP contribution in [0.15, 0.2) is 83.7 Å². The fourth-order valence-corrected chi connectivity index (χ4v) is 11.2. The summed E-state index contributed by atoms with van der Waals surface area (Å²) in [6.45, 7) is 6.88. The standard InChI is InChI=1S/C56H64FN7O6/c1-37(61-30-26-42(27-31-61)54(68)58-36-39-8-7-9-44(57)34-39)45-18-16-41(46-10-3-4-11-47(45)46)15-14-38-22-28-62(29-23-38)52(66)12-5-6-13-53(67)63-32-24-40(25-33-63)43-17-19-48-50(35-43)60(2)56(70)64(48)49-20-21-51(65)59-55(49)69/h3-4,7-11,16-19,34-35,37-38,40,42,49H,5-6,12-13,20-33,36H2,1-2H3,(H,58,68)(H,59,65,69)/t37-,49-/m1/s1. The van der Waals surface area contributed by atoms with Crippen molar-refractivity contribution in [2.24, 2.45) is 18.9 Å². The fourth-order valence-electron chi connectivity index (χ4n) is 11.2. The van der Waals surface area contributed by atoms with Gasteiger partial charge >= 0.3 is 5.69 Å². The average Bonchev–Trinajstić information content (AvgIpc) is 3.63. The minimum atomic E-state index is -0.722. The van der Waals surface area contributed by atoms with E-state index in [9.17, 15) is 33.2 Å². The third kappa shape index (κ3) is 10.7. The lowest BCUT2D eigenvalue weighted by atomic mass is 9.89. The van der Waals surface area contributed by atoms with Gasteiger partial charge in [-0.2, -0.15) is 0 Å². The third-order valence-electron chi connectivity index (χ3n) is 15.5. The van der Waals surface area contributed by atoms with E-state index < -0.39 is 11.9 Å². The van der Waals surface area contributed by atoms with Gasteiger partial charge in [0.05, 0.1) is 11.0 Å². The Balaban J connectivity index is 0.692. The number of nitrogens with one attached hydrogen (secondary N) is 2. The SMILES string of the molecule is C[C@H](c1ccc(C#CC2CCN(C(=O)CCCCC(=O)N3CCC(c4ccc5c(c4)n(C)c(=O)n5[C@@H]4CCC(=O)NC4=O)CC3)CC2)c2ccccc12)N1CCC(C(=O)NCc2cccc(F)c2)CC1. The number of hydrogen-bond donors (Lipinski definition) is 2. The van der Waals surface area contributed by atoms with Crippen LogP contribution >= 0.6 is 0 Å². The van der Waals surface area contributed by atoms with Crippen LogP contribution in [-0.4, -0.2) is 92.6 Å². The predicted octanol–water partition coefficient (Wildman–Crippen LogP) is 7.26. The number of benzene rings is 4. The molecule has 0 aliphatic carbocycles. The summed E-state index contributed by atoms with van der Waals surface area (Å²) in [5.74, 6) is 6.67. The Bertz CT molecular complexity index is 2910. The smallest absolute Gasteiger partial charge is 0.329 e. The zero-order valence-electron chi connectivity index (χ0n) is 40.4. The molecule has 0 unspecified atom stereocenters. The predicted molar refractivity (Wildman–Crippen MR) is 267 cm³/mol. The molecule has 4 saturated heterocycles. The number of hydrogen-bond acceptors (Lipinski definition) is 7. The van der Waals surface area contributed by atoms with Crippen molar-refractivity contribution in [3.05, 3.63) is 117 Å². The molecule has 4 aliphatic heterocycles. The van der Waals surface area contributed by atoms with Crippen LogP contribution < -0.4 is 16.3 Å². The lowest BCUT2D eigenvalue weighted by molar-refractivity contribution is -0.136. The summed E-state index contributed by atoms with van der Waals surface area (Å²) in [6.07, 6.45) is 7.53. The van der Waals surface area contributed by atoms with E-state index in [0.29, 0.717) is 70.3 Å². The highest BCUT2D eigenvalue weighted by Gasteiger charge is 2.33. The summed E-state index contributed by atoms with van der Waals surface area (Å²) in [6, 6.07) is 24.5. The first-order valence-corrected chi connectivity index (χ1v) is 25.3. The Hall–Kier alpha value is -6.59. The summed E-state index contributed by atoms with van der Waals surface area (Å²) in [5, 5.41) is 7.68. The molecule has 2 N–H and O–H groups in total. The number of imide groups is 1. The number of aromatic nitrogens is 2. The van der Waals surface area contributed by atoms with E-state index in [-0.39, 0.29) is 65.4 Å². The molecule has 0 radical (unpaired) electrons. The van der Waals surface area contributed by atoms with Gasteiger partial charge in [0.2, 0.25) is 29.5 Å². The summed E-state index contributed by atoms with van der Waals surface area (Å²) in [5.41, 5.74) is 5.24. The minimum Gasteiger partial charge on any atom is -0.352 e. The lowest BCUT2D eigenvalue weighted by Gasteiger charge is -2.36. The van der Waals surface area contributed by atoms with E-state index in [1.54, 1.807) is 17.7 Å². The van der Waals surface area contributed by atoms with E-state index in [1.165, 1.54) is 27.6 Å². The minimum absolute atomic E-state index is 0.0300. The Morgan fingerprint density at radius 2 is 1.44 bits per heavy atom. The molecule has 4 aliphatic rings. The number of carbonyl (C=O) groups is 5. The van der Waals surface area contributed by atoms with Crippen molar-refractivity contribution in [3.63, 3.8) is 0 Å². The Labute approximate surface area is 408 Å². The van der Waals surface area contributed by atoms with Crippen molar-refractivity contribution in [1.82, 2.24) is 34.5 Å². The molecule has 4 aromatic carbocycles. The van der Waals surface area contributed by atoms with Crippen molar-refractivity contribution >= 4 is 51.3 Å². The van der Waals surface area contributed by atoms with Gasteiger partial charge in [-0.25, -0.2) is 9.18 Å². The fraction of sp³-hybridized carbons (Fsp3) is 0.464. The molecule has 4 fully saturated rings. The van der Waals surface area contributed by atoms with E-state index in [0.717, 1.165) is 79.2 Å². The molecule has 5 amide bonds. The first-order valence-electron chi connectivity index (χ1n) is 25.3. The first-order chi connectivity index (χ1) is 33.9. The Morgan fingerprint density at radius 3 is 2.13 bits per heavy atom. The van der Waals surface area contributed by atoms with Gasteiger partial charge in [0, 0.05) is 82.5 Å². The molecular weight excluding hydrogens is 886 g/mol. The maximum atomic E-state index is 13.6. The average molecular weight is 950 g/mol. The lowest BCUT2D eigenvalue weighted by Crippen LogP contribution is -2.44. The molecule has 0 spiro atoms. The number of halogens is 1. The van der Waals surface area contributed by atoms with Crippen molar-refractivity contribution in [3.8, 4) is 11.8 Å². The number of imidazole rings is 1. The van der Waals surface area contributed by atoms with Crippen molar-refractivity contribution < 1.29 is 28.4 Å². The van der Waals surface area contributed by atoms with Crippen LogP contribution in [0.1, 0.15) is 124 Å². The van der Waals surface area contributed by atoms with E-state index in [1.807, 2.05) is 34.1 Å². The van der Waals surface area contributed by atoms with E-state index >= 15 is 0 Å². The highest BCUT2D eigenvalue weighted by molar-refractivity contribution is 6.00. The van der Waals surface area contributed by atoms with Gasteiger partial charge in [-0.15, -0.1) is 0 Å². The number of rotatable bonds is 12. The second-order valence-electron chi connectivity index (χ2n) is 19.8. The van der Waals surface area contributed by atoms with Crippen LogP contribution in [-0.2, 0) is 37.6 Å².